The standard InChI is InChI=1S/C22H20Cl2N8O4/c1-2-36-21(33)20-29-18-11-16(14-7-5-12(23)10-15(14)24)28-22(31(18)30-20)26-9-3-4-13-6-8-17(32(34)35)19(25)27-13/h5-8,10-11H,2-4,9H2,1H3,(H2,25,27)(H,26,28). The molecule has 0 spiro atoms. The molecule has 0 aliphatic heterocycles. The molecule has 0 atom stereocenters. The summed E-state index contributed by atoms with van der Waals surface area (Å²) >= 11 is 12.4. The maximum Gasteiger partial charge on any atom is 0.378 e. The fraction of sp³-hybridized carbons (Fsp3) is 0.227. The number of aromatic nitrogens is 5. The molecule has 1 aromatic carbocycles. The van der Waals surface area contributed by atoms with Crippen molar-refractivity contribution in [3.05, 3.63) is 68.1 Å². The molecule has 0 aliphatic carbocycles. The van der Waals surface area contributed by atoms with Crippen LogP contribution in [-0.2, 0) is 11.2 Å². The number of nitrogens with one attached hydrogen (secondary N) is 1. The lowest BCUT2D eigenvalue weighted by Gasteiger charge is -2.10. The van der Waals surface area contributed by atoms with Gasteiger partial charge in [-0.05, 0) is 44.0 Å². The minimum atomic E-state index is -0.653. The topological polar surface area (TPSA) is 163 Å². The Morgan fingerprint density at radius 1 is 1.19 bits per heavy atom. The summed E-state index contributed by atoms with van der Waals surface area (Å²) in [5.41, 5.74) is 7.54. The van der Waals surface area contributed by atoms with Crippen LogP contribution in [-0.4, -0.2) is 48.6 Å². The highest BCUT2D eigenvalue weighted by Gasteiger charge is 2.19. The van der Waals surface area contributed by atoms with Crippen LogP contribution >= 0.6 is 23.2 Å². The van der Waals surface area contributed by atoms with Gasteiger partial charge in [0.1, 0.15) is 0 Å². The lowest BCUT2D eigenvalue weighted by Crippen LogP contribution is -2.12. The van der Waals surface area contributed by atoms with Crippen LogP contribution < -0.4 is 11.1 Å². The minimum absolute atomic E-state index is 0.105. The highest BCUT2D eigenvalue weighted by atomic mass is 35.5. The molecule has 0 unspecified atom stereocenters. The molecule has 4 aromatic rings. The summed E-state index contributed by atoms with van der Waals surface area (Å²) in [5.74, 6) is -0.560. The van der Waals surface area contributed by atoms with Gasteiger partial charge in [-0.15, -0.1) is 5.10 Å². The van der Waals surface area contributed by atoms with Crippen molar-refractivity contribution in [1.82, 2.24) is 24.6 Å². The number of aryl methyl sites for hydroxylation is 1. The van der Waals surface area contributed by atoms with Crippen LogP contribution in [0.25, 0.3) is 16.9 Å². The van der Waals surface area contributed by atoms with E-state index in [9.17, 15) is 14.9 Å². The number of halogens is 2. The monoisotopic (exact) mass is 530 g/mol. The molecule has 0 radical (unpaired) electrons. The summed E-state index contributed by atoms with van der Waals surface area (Å²) < 4.78 is 6.42. The van der Waals surface area contributed by atoms with Crippen molar-refractivity contribution in [1.29, 1.82) is 0 Å². The highest BCUT2D eigenvalue weighted by Crippen LogP contribution is 2.30. The van der Waals surface area contributed by atoms with E-state index < -0.39 is 10.9 Å². The average Bonchev–Trinajstić information content (AvgIpc) is 3.26. The Labute approximate surface area is 214 Å². The van der Waals surface area contributed by atoms with Gasteiger partial charge in [0.25, 0.3) is 5.82 Å². The fourth-order valence-electron chi connectivity index (χ4n) is 3.39. The predicted molar refractivity (Wildman–Crippen MR) is 134 cm³/mol. The quantitative estimate of drug-likeness (QED) is 0.138. The second kappa shape index (κ2) is 10.7. The molecule has 0 amide bonds. The lowest BCUT2D eigenvalue weighted by molar-refractivity contribution is -0.384. The zero-order valence-corrected chi connectivity index (χ0v) is 20.5. The number of nitro groups is 1. The highest BCUT2D eigenvalue weighted by molar-refractivity contribution is 6.36. The Morgan fingerprint density at radius 2 is 2.00 bits per heavy atom. The largest absolute Gasteiger partial charge is 0.460 e. The third-order valence-electron chi connectivity index (χ3n) is 5.04. The first-order chi connectivity index (χ1) is 17.3. The van der Waals surface area contributed by atoms with E-state index in [4.69, 9.17) is 33.7 Å². The van der Waals surface area contributed by atoms with Crippen molar-refractivity contribution in [2.45, 2.75) is 19.8 Å². The summed E-state index contributed by atoms with van der Waals surface area (Å²) in [7, 11) is 0. The molecule has 14 heteroatoms. The average molecular weight is 531 g/mol. The second-order valence-corrected chi connectivity index (χ2v) is 8.35. The van der Waals surface area contributed by atoms with E-state index >= 15 is 0 Å². The van der Waals surface area contributed by atoms with Crippen LogP contribution in [0.15, 0.2) is 36.4 Å². The van der Waals surface area contributed by atoms with Gasteiger partial charge in [0, 0.05) is 35.0 Å². The summed E-state index contributed by atoms with van der Waals surface area (Å²) in [4.78, 5) is 35.5. The second-order valence-electron chi connectivity index (χ2n) is 7.51. The van der Waals surface area contributed by atoms with Gasteiger partial charge in [0.15, 0.2) is 5.65 Å². The molecule has 3 N–H and O–H groups in total. The van der Waals surface area contributed by atoms with Crippen LogP contribution in [0.4, 0.5) is 17.5 Å². The first-order valence-electron chi connectivity index (χ1n) is 10.8. The Balaban J connectivity index is 1.59. The summed E-state index contributed by atoms with van der Waals surface area (Å²) in [5, 5.41) is 19.2. The Hall–Kier alpha value is -4.03. The number of rotatable bonds is 9. The summed E-state index contributed by atoms with van der Waals surface area (Å²) in [6.07, 6.45) is 1.10. The minimum Gasteiger partial charge on any atom is -0.460 e. The predicted octanol–water partition coefficient (Wildman–Crippen LogP) is 4.20. The van der Waals surface area contributed by atoms with Gasteiger partial charge in [-0.2, -0.15) is 4.52 Å². The number of benzene rings is 1. The SMILES string of the molecule is CCOC(=O)c1nc2cc(-c3ccc(Cl)cc3Cl)nc(NCCCc3ccc([N+](=O)[O-])c(N)n3)n2n1. The maximum absolute atomic E-state index is 12.2. The van der Waals surface area contributed by atoms with Crippen molar-refractivity contribution in [2.24, 2.45) is 0 Å². The molecule has 0 aliphatic rings. The fourth-order valence-corrected chi connectivity index (χ4v) is 3.90. The van der Waals surface area contributed by atoms with Crippen LogP contribution in [0, 0.1) is 10.1 Å². The van der Waals surface area contributed by atoms with Crippen LogP contribution in [0.2, 0.25) is 10.0 Å². The molecule has 0 saturated carbocycles. The number of carbonyl (C=O) groups is 1. The zero-order valence-electron chi connectivity index (χ0n) is 18.9. The third kappa shape index (κ3) is 5.44. The number of hydrogen-bond acceptors (Lipinski definition) is 10. The summed E-state index contributed by atoms with van der Waals surface area (Å²) in [6.45, 7) is 2.31. The van der Waals surface area contributed by atoms with E-state index in [1.165, 1.54) is 10.6 Å². The molecule has 3 aromatic heterocycles. The van der Waals surface area contributed by atoms with Crippen molar-refractivity contribution >= 4 is 52.3 Å². The van der Waals surface area contributed by atoms with E-state index in [-0.39, 0.29) is 23.9 Å². The maximum atomic E-state index is 12.2. The molecule has 0 fully saturated rings. The molecule has 36 heavy (non-hydrogen) atoms. The molecule has 3 heterocycles. The number of carbonyl (C=O) groups excluding carboxylic acids is 1. The van der Waals surface area contributed by atoms with Gasteiger partial charge >= 0.3 is 11.7 Å². The van der Waals surface area contributed by atoms with E-state index in [0.717, 1.165) is 0 Å². The van der Waals surface area contributed by atoms with Crippen molar-refractivity contribution in [3.63, 3.8) is 0 Å². The molecular formula is C22H20Cl2N8O4. The number of hydrogen-bond donors (Lipinski definition) is 2. The number of fused-ring (bicyclic) bond motifs is 1. The molecule has 4 rings (SSSR count). The first kappa shape index (κ1) is 25.1. The molecular weight excluding hydrogens is 511 g/mol. The van der Waals surface area contributed by atoms with Crippen molar-refractivity contribution < 1.29 is 14.5 Å². The van der Waals surface area contributed by atoms with Crippen LogP contribution in [0.5, 0.6) is 0 Å². The number of ether oxygens (including phenoxy) is 1. The normalized spacial score (nSPS) is 11.0. The van der Waals surface area contributed by atoms with Gasteiger partial charge in [-0.1, -0.05) is 23.2 Å². The Morgan fingerprint density at radius 3 is 2.69 bits per heavy atom. The van der Waals surface area contributed by atoms with Gasteiger partial charge in [-0.25, -0.2) is 19.7 Å². The Kier molecular flexibility index (Phi) is 7.46. The number of anilines is 2. The zero-order chi connectivity index (χ0) is 25.8. The molecule has 0 bridgehead atoms. The third-order valence-corrected chi connectivity index (χ3v) is 5.59. The van der Waals surface area contributed by atoms with Crippen molar-refractivity contribution in [3.8, 4) is 11.3 Å². The van der Waals surface area contributed by atoms with Gasteiger partial charge < -0.3 is 15.8 Å². The molecule has 0 saturated heterocycles. The van der Waals surface area contributed by atoms with E-state index in [0.29, 0.717) is 58.0 Å². The Bertz CT molecular complexity index is 1460. The van der Waals surface area contributed by atoms with Crippen molar-refractivity contribution in [2.75, 3.05) is 24.2 Å². The smallest absolute Gasteiger partial charge is 0.378 e. The molecule has 12 nitrogen and oxygen atoms in total. The van der Waals surface area contributed by atoms with Gasteiger partial charge in [0.05, 0.1) is 22.2 Å². The number of nitrogen functional groups attached to an aromatic ring is 1. The van der Waals surface area contributed by atoms with Crippen LogP contribution in [0.1, 0.15) is 29.7 Å². The summed E-state index contributed by atoms with van der Waals surface area (Å²) in [6, 6.07) is 9.59. The number of nitrogens with zero attached hydrogens (tertiary/aromatic N) is 6. The number of pyridine rings is 1. The van der Waals surface area contributed by atoms with Crippen LogP contribution in [0.3, 0.4) is 0 Å². The molecule has 186 valence electrons. The van der Waals surface area contributed by atoms with E-state index in [1.807, 2.05) is 0 Å². The van der Waals surface area contributed by atoms with Gasteiger partial charge in [-0.3, -0.25) is 10.1 Å². The van der Waals surface area contributed by atoms with E-state index in [1.54, 1.807) is 37.3 Å². The van der Waals surface area contributed by atoms with E-state index in [2.05, 4.69) is 25.4 Å². The van der Waals surface area contributed by atoms with Gasteiger partial charge in [0.2, 0.25) is 11.8 Å². The number of nitrogens with two attached hydrogens (primary N) is 1. The first-order valence-corrected chi connectivity index (χ1v) is 11.6. The lowest BCUT2D eigenvalue weighted by atomic mass is 10.1. The number of esters is 1.